The zero-order chi connectivity index (χ0) is 28.3. The number of piperazine rings is 1. The van der Waals surface area contributed by atoms with Crippen molar-refractivity contribution in [1.29, 1.82) is 0 Å². The van der Waals surface area contributed by atoms with Crippen molar-refractivity contribution in [3.8, 4) is 0 Å². The van der Waals surface area contributed by atoms with Crippen molar-refractivity contribution in [3.05, 3.63) is 58.4 Å². The van der Waals surface area contributed by atoms with Gasteiger partial charge in [0.15, 0.2) is 0 Å². The number of carbonyl (C=O) groups excluding carboxylic acids is 2. The first kappa shape index (κ1) is 27.9. The van der Waals surface area contributed by atoms with Crippen molar-refractivity contribution in [1.82, 2.24) is 19.9 Å². The third-order valence-corrected chi connectivity index (χ3v) is 6.34. The summed E-state index contributed by atoms with van der Waals surface area (Å²) in [5.41, 5.74) is 0.722. The molecule has 1 aliphatic rings. The summed E-state index contributed by atoms with van der Waals surface area (Å²) in [5, 5.41) is 7.68. The topological polar surface area (TPSA) is 115 Å². The molecule has 39 heavy (non-hydrogen) atoms. The van der Waals surface area contributed by atoms with Gasteiger partial charge in [-0.15, -0.1) is 0 Å². The fraction of sp³-hybridized carbons (Fsp3) is 0.320. The normalized spacial score (nSPS) is 13.7. The van der Waals surface area contributed by atoms with Crippen LogP contribution < -0.4 is 20.9 Å². The number of aryl methyl sites for hydroxylation is 2. The molecular weight excluding hydrogens is 537 g/mol. The fourth-order valence-electron chi connectivity index (χ4n) is 3.95. The van der Waals surface area contributed by atoms with Crippen LogP contribution in [0.4, 0.5) is 46.9 Å². The maximum Gasteiger partial charge on any atom is 0.417 e. The van der Waals surface area contributed by atoms with Gasteiger partial charge in [-0.3, -0.25) is 4.79 Å². The van der Waals surface area contributed by atoms with Crippen LogP contribution in [-0.2, 0) is 11.0 Å². The third kappa shape index (κ3) is 7.05. The first-order chi connectivity index (χ1) is 18.4. The van der Waals surface area contributed by atoms with Gasteiger partial charge in [-0.1, -0.05) is 17.7 Å². The first-order valence-electron chi connectivity index (χ1n) is 11.9. The number of hydrogen-bond acceptors (Lipinski definition) is 7. The van der Waals surface area contributed by atoms with Crippen molar-refractivity contribution in [3.63, 3.8) is 0 Å². The molecule has 0 bridgehead atoms. The highest BCUT2D eigenvalue weighted by Crippen LogP contribution is 2.36. The predicted molar refractivity (Wildman–Crippen MR) is 143 cm³/mol. The van der Waals surface area contributed by atoms with Crippen LogP contribution in [0.1, 0.15) is 23.9 Å². The Kier molecular flexibility index (Phi) is 8.09. The summed E-state index contributed by atoms with van der Waals surface area (Å²) in [7, 11) is 0. The molecule has 14 heteroatoms. The second-order valence-corrected chi connectivity index (χ2v) is 9.33. The van der Waals surface area contributed by atoms with Crippen LogP contribution in [0.2, 0.25) is 5.02 Å². The van der Waals surface area contributed by atoms with Gasteiger partial charge in [-0.05, 0) is 49.7 Å². The number of alkyl halides is 3. The molecule has 1 aliphatic heterocycles. The second-order valence-electron chi connectivity index (χ2n) is 8.93. The lowest BCUT2D eigenvalue weighted by molar-refractivity contribution is -0.137. The van der Waals surface area contributed by atoms with Crippen molar-refractivity contribution in [2.75, 3.05) is 47.0 Å². The average molecular weight is 563 g/mol. The Balaban J connectivity index is 1.46. The van der Waals surface area contributed by atoms with Crippen LogP contribution in [0.25, 0.3) is 0 Å². The Bertz CT molecular complexity index is 1390. The predicted octanol–water partition coefficient (Wildman–Crippen LogP) is 5.22. The molecule has 1 saturated heterocycles. The highest BCUT2D eigenvalue weighted by Gasteiger charge is 2.33. The van der Waals surface area contributed by atoms with Gasteiger partial charge in [-0.25, -0.2) is 4.79 Å². The zero-order valence-corrected chi connectivity index (χ0v) is 22.1. The minimum absolute atomic E-state index is 0.0284. The molecule has 1 fully saturated rings. The van der Waals surface area contributed by atoms with Crippen molar-refractivity contribution >= 4 is 52.5 Å². The summed E-state index contributed by atoms with van der Waals surface area (Å²) in [4.78, 5) is 41.2. The van der Waals surface area contributed by atoms with E-state index in [0.717, 1.165) is 17.7 Å². The largest absolute Gasteiger partial charge is 0.417 e. The minimum Gasteiger partial charge on any atom is -0.339 e. The molecule has 4 rings (SSSR count). The number of hydrogen-bond donors (Lipinski definition) is 3. The van der Waals surface area contributed by atoms with Crippen LogP contribution in [0.3, 0.4) is 0 Å². The summed E-state index contributed by atoms with van der Waals surface area (Å²) in [5.74, 6) is 1.32. The van der Waals surface area contributed by atoms with Crippen LogP contribution in [0, 0.1) is 13.8 Å². The summed E-state index contributed by atoms with van der Waals surface area (Å²) in [6.07, 6.45) is -4.65. The molecule has 1 aromatic heterocycles. The quantitative estimate of drug-likeness (QED) is 0.391. The van der Waals surface area contributed by atoms with Crippen molar-refractivity contribution in [2.24, 2.45) is 0 Å². The van der Waals surface area contributed by atoms with E-state index in [1.807, 2.05) is 11.8 Å². The van der Waals surface area contributed by atoms with Gasteiger partial charge in [0.1, 0.15) is 5.82 Å². The molecule has 206 valence electrons. The minimum atomic E-state index is -4.65. The highest BCUT2D eigenvalue weighted by atomic mass is 35.5. The number of carbonyl (C=O) groups is 2. The Labute approximate surface area is 227 Å². The number of benzene rings is 2. The van der Waals surface area contributed by atoms with Gasteiger partial charge in [0, 0.05) is 50.2 Å². The number of aromatic nitrogens is 3. The van der Waals surface area contributed by atoms with E-state index in [0.29, 0.717) is 55.3 Å². The lowest BCUT2D eigenvalue weighted by Gasteiger charge is -2.34. The molecule has 0 radical (unpaired) electrons. The maximum atomic E-state index is 13.1. The smallest absolute Gasteiger partial charge is 0.339 e. The van der Waals surface area contributed by atoms with Gasteiger partial charge < -0.3 is 25.8 Å². The number of amides is 3. The SMILES string of the molecule is CC(=O)N1CCN(c2nc(C)nc(Nc3cc(NC(=O)Nc4ccc(Cl)c(C(F)(F)F)c4)ccc3C)n2)CC1. The molecule has 3 aromatic rings. The van der Waals surface area contributed by atoms with E-state index in [9.17, 15) is 22.8 Å². The van der Waals surface area contributed by atoms with E-state index in [2.05, 4.69) is 30.9 Å². The number of anilines is 5. The standard InChI is InChI=1S/C25H26ClF3N8O2/c1-14-4-5-18(33-24(39)32-17-6-7-20(26)19(12-17)25(27,28)29)13-21(14)34-22-30-15(2)31-23(35-22)37-10-8-36(9-11-37)16(3)38/h4-7,12-13H,8-11H2,1-3H3,(H2,32,33,39)(H,30,31,34,35). The Morgan fingerprint density at radius 3 is 2.21 bits per heavy atom. The molecule has 10 nitrogen and oxygen atoms in total. The molecule has 3 N–H and O–H groups in total. The van der Waals surface area contributed by atoms with Crippen LogP contribution in [-0.4, -0.2) is 58.0 Å². The number of nitrogens with zero attached hydrogens (tertiary/aromatic N) is 5. The Morgan fingerprint density at radius 2 is 1.56 bits per heavy atom. The molecule has 0 saturated carbocycles. The monoisotopic (exact) mass is 562 g/mol. The number of halogens is 4. The lowest BCUT2D eigenvalue weighted by atomic mass is 10.2. The van der Waals surface area contributed by atoms with E-state index in [-0.39, 0.29) is 11.6 Å². The van der Waals surface area contributed by atoms with E-state index >= 15 is 0 Å². The summed E-state index contributed by atoms with van der Waals surface area (Å²) < 4.78 is 39.4. The Morgan fingerprint density at radius 1 is 0.923 bits per heavy atom. The first-order valence-corrected chi connectivity index (χ1v) is 12.3. The van der Waals surface area contributed by atoms with Gasteiger partial charge in [0.2, 0.25) is 17.8 Å². The molecule has 0 aliphatic carbocycles. The molecular formula is C25H26ClF3N8O2. The Hall–Kier alpha value is -4.13. The average Bonchev–Trinajstić information content (AvgIpc) is 2.86. The van der Waals surface area contributed by atoms with Crippen LogP contribution in [0.15, 0.2) is 36.4 Å². The zero-order valence-electron chi connectivity index (χ0n) is 21.4. The maximum absolute atomic E-state index is 13.1. The highest BCUT2D eigenvalue weighted by molar-refractivity contribution is 6.31. The van der Waals surface area contributed by atoms with Crippen LogP contribution >= 0.6 is 11.6 Å². The van der Waals surface area contributed by atoms with E-state index in [1.165, 1.54) is 6.07 Å². The van der Waals surface area contributed by atoms with Crippen LogP contribution in [0.5, 0.6) is 0 Å². The number of urea groups is 1. The van der Waals surface area contributed by atoms with Gasteiger partial charge in [0.05, 0.1) is 10.6 Å². The third-order valence-electron chi connectivity index (χ3n) is 6.01. The molecule has 2 aromatic carbocycles. The summed E-state index contributed by atoms with van der Waals surface area (Å²) >= 11 is 5.64. The van der Waals surface area contributed by atoms with E-state index in [1.54, 1.807) is 36.9 Å². The fourth-order valence-corrected chi connectivity index (χ4v) is 4.18. The molecule has 0 unspecified atom stereocenters. The lowest BCUT2D eigenvalue weighted by Crippen LogP contribution is -2.48. The second kappa shape index (κ2) is 11.3. The van der Waals surface area contributed by atoms with Gasteiger partial charge in [-0.2, -0.15) is 28.1 Å². The molecule has 3 amide bonds. The number of rotatable bonds is 5. The summed E-state index contributed by atoms with van der Waals surface area (Å²) in [6, 6.07) is 7.46. The van der Waals surface area contributed by atoms with E-state index in [4.69, 9.17) is 11.6 Å². The molecule has 0 spiro atoms. The summed E-state index contributed by atoms with van der Waals surface area (Å²) in [6.45, 7) is 7.48. The van der Waals surface area contributed by atoms with Gasteiger partial charge in [0.25, 0.3) is 0 Å². The molecule has 2 heterocycles. The van der Waals surface area contributed by atoms with Crippen molar-refractivity contribution < 1.29 is 22.8 Å². The van der Waals surface area contributed by atoms with Gasteiger partial charge >= 0.3 is 12.2 Å². The number of nitrogens with one attached hydrogen (secondary N) is 3. The van der Waals surface area contributed by atoms with Crippen molar-refractivity contribution in [2.45, 2.75) is 26.9 Å². The van der Waals surface area contributed by atoms with E-state index < -0.39 is 22.8 Å². The molecule has 0 atom stereocenters.